The molecule has 0 bridgehead atoms. The van der Waals surface area contributed by atoms with Crippen molar-refractivity contribution in [2.45, 2.75) is 45.4 Å². The predicted octanol–water partition coefficient (Wildman–Crippen LogP) is 4.49. The van der Waals surface area contributed by atoms with Gasteiger partial charge in [-0.1, -0.05) is 39.0 Å². The minimum absolute atomic E-state index is 0.0198. The minimum atomic E-state index is -0.132. The van der Waals surface area contributed by atoms with Crippen LogP contribution in [0.5, 0.6) is 5.75 Å². The summed E-state index contributed by atoms with van der Waals surface area (Å²) < 4.78 is 5.59. The normalized spacial score (nSPS) is 13.5. The molecule has 0 spiro atoms. The van der Waals surface area contributed by atoms with Gasteiger partial charge in [0.2, 0.25) is 0 Å². The monoisotopic (exact) mass is 323 g/mol. The van der Waals surface area contributed by atoms with E-state index in [1.54, 1.807) is 0 Å². The summed E-state index contributed by atoms with van der Waals surface area (Å²) in [5.41, 5.74) is 4.98. The molecule has 1 aliphatic carbocycles. The largest absolute Gasteiger partial charge is 0.484 e. The second-order valence-corrected chi connectivity index (χ2v) is 7.45. The highest BCUT2D eigenvalue weighted by Gasteiger charge is 2.14. The number of fused-ring (bicyclic) bond motifs is 1. The summed E-state index contributed by atoms with van der Waals surface area (Å²) in [4.78, 5) is 12.1. The van der Waals surface area contributed by atoms with E-state index in [9.17, 15) is 4.79 Å². The first kappa shape index (κ1) is 16.6. The number of carbonyl (C=O) groups is 1. The SMILES string of the molecule is CC(C)(C)c1ccc(OCC(=O)Nc2ccc3c(c2)CCC3)cc1. The Morgan fingerprint density at radius 2 is 1.75 bits per heavy atom. The Morgan fingerprint density at radius 1 is 1.04 bits per heavy atom. The van der Waals surface area contributed by atoms with Crippen LogP contribution in [0.1, 0.15) is 43.9 Å². The van der Waals surface area contributed by atoms with E-state index in [4.69, 9.17) is 4.74 Å². The van der Waals surface area contributed by atoms with Crippen LogP contribution in [0.25, 0.3) is 0 Å². The standard InChI is InChI=1S/C21H25NO2/c1-21(2,3)17-8-11-19(12-9-17)24-14-20(23)22-18-10-7-15-5-4-6-16(15)13-18/h7-13H,4-6,14H2,1-3H3,(H,22,23). The number of carbonyl (C=O) groups excluding carboxylic acids is 1. The van der Waals surface area contributed by atoms with Gasteiger partial charge < -0.3 is 10.1 Å². The predicted molar refractivity (Wildman–Crippen MR) is 97.7 cm³/mol. The second-order valence-electron chi connectivity index (χ2n) is 7.45. The van der Waals surface area contributed by atoms with Crippen molar-refractivity contribution in [1.82, 2.24) is 0 Å². The van der Waals surface area contributed by atoms with Gasteiger partial charge in [0.15, 0.2) is 6.61 Å². The molecule has 126 valence electrons. The Bertz CT molecular complexity index is 726. The lowest BCUT2D eigenvalue weighted by Crippen LogP contribution is -2.20. The van der Waals surface area contributed by atoms with Gasteiger partial charge in [0, 0.05) is 5.69 Å². The maximum absolute atomic E-state index is 12.1. The third-order valence-electron chi connectivity index (χ3n) is 4.47. The van der Waals surface area contributed by atoms with Gasteiger partial charge in [0.25, 0.3) is 5.91 Å². The molecule has 2 aromatic carbocycles. The molecule has 1 N–H and O–H groups in total. The second kappa shape index (κ2) is 6.68. The van der Waals surface area contributed by atoms with Gasteiger partial charge in [-0.2, -0.15) is 0 Å². The van der Waals surface area contributed by atoms with E-state index >= 15 is 0 Å². The first-order valence-corrected chi connectivity index (χ1v) is 8.57. The smallest absolute Gasteiger partial charge is 0.262 e. The topological polar surface area (TPSA) is 38.3 Å². The molecule has 3 heteroatoms. The summed E-state index contributed by atoms with van der Waals surface area (Å²) in [5, 5.41) is 2.91. The number of amides is 1. The number of rotatable bonds is 4. The zero-order valence-electron chi connectivity index (χ0n) is 14.7. The molecular formula is C21H25NO2. The van der Waals surface area contributed by atoms with E-state index in [-0.39, 0.29) is 17.9 Å². The summed E-state index contributed by atoms with van der Waals surface area (Å²) >= 11 is 0. The molecule has 0 saturated heterocycles. The van der Waals surface area contributed by atoms with Crippen LogP contribution in [0.2, 0.25) is 0 Å². The lowest BCUT2D eigenvalue weighted by atomic mass is 9.87. The molecule has 3 nitrogen and oxygen atoms in total. The Morgan fingerprint density at radius 3 is 2.46 bits per heavy atom. The van der Waals surface area contributed by atoms with E-state index in [0.29, 0.717) is 5.75 Å². The average Bonchev–Trinajstić information content (AvgIpc) is 3.00. The van der Waals surface area contributed by atoms with Gasteiger partial charge in [-0.05, 0) is 65.6 Å². The number of ether oxygens (including phenoxy) is 1. The van der Waals surface area contributed by atoms with Gasteiger partial charge >= 0.3 is 0 Å². The Hall–Kier alpha value is -2.29. The van der Waals surface area contributed by atoms with Crippen molar-refractivity contribution in [2.75, 3.05) is 11.9 Å². The summed E-state index contributed by atoms with van der Waals surface area (Å²) in [7, 11) is 0. The summed E-state index contributed by atoms with van der Waals surface area (Å²) in [6.07, 6.45) is 3.47. The molecule has 0 fully saturated rings. The first-order chi connectivity index (χ1) is 11.4. The van der Waals surface area contributed by atoms with Crippen molar-refractivity contribution in [3.05, 3.63) is 59.2 Å². The van der Waals surface area contributed by atoms with Crippen molar-refractivity contribution >= 4 is 11.6 Å². The molecule has 0 atom stereocenters. The number of nitrogens with one attached hydrogen (secondary N) is 1. The van der Waals surface area contributed by atoms with Crippen molar-refractivity contribution in [2.24, 2.45) is 0 Å². The van der Waals surface area contributed by atoms with Crippen LogP contribution in [0.15, 0.2) is 42.5 Å². The Labute approximate surface area is 144 Å². The van der Waals surface area contributed by atoms with Crippen molar-refractivity contribution in [3.8, 4) is 5.75 Å². The van der Waals surface area contributed by atoms with Crippen LogP contribution in [0, 0.1) is 0 Å². The van der Waals surface area contributed by atoms with Gasteiger partial charge in [-0.25, -0.2) is 0 Å². The van der Waals surface area contributed by atoms with E-state index in [1.165, 1.54) is 23.1 Å². The highest BCUT2D eigenvalue weighted by atomic mass is 16.5. The lowest BCUT2D eigenvalue weighted by molar-refractivity contribution is -0.118. The molecule has 0 radical (unpaired) electrons. The number of anilines is 1. The molecule has 0 aliphatic heterocycles. The van der Waals surface area contributed by atoms with Gasteiger partial charge in [-0.3, -0.25) is 4.79 Å². The van der Waals surface area contributed by atoms with Gasteiger partial charge in [0.1, 0.15) is 5.75 Å². The van der Waals surface area contributed by atoms with E-state index in [1.807, 2.05) is 30.3 Å². The molecular weight excluding hydrogens is 298 g/mol. The molecule has 0 unspecified atom stereocenters. The average molecular weight is 323 g/mol. The van der Waals surface area contributed by atoms with Crippen LogP contribution in [0.4, 0.5) is 5.69 Å². The van der Waals surface area contributed by atoms with E-state index in [2.05, 4.69) is 38.2 Å². The van der Waals surface area contributed by atoms with E-state index < -0.39 is 0 Å². The van der Waals surface area contributed by atoms with Crippen molar-refractivity contribution in [3.63, 3.8) is 0 Å². The highest BCUT2D eigenvalue weighted by Crippen LogP contribution is 2.25. The fourth-order valence-corrected chi connectivity index (χ4v) is 3.05. The third kappa shape index (κ3) is 3.97. The van der Waals surface area contributed by atoms with Crippen molar-refractivity contribution < 1.29 is 9.53 Å². The molecule has 2 aromatic rings. The van der Waals surface area contributed by atoms with Crippen LogP contribution in [0.3, 0.4) is 0 Å². The zero-order chi connectivity index (χ0) is 17.2. The zero-order valence-corrected chi connectivity index (χ0v) is 14.7. The van der Waals surface area contributed by atoms with Crippen LogP contribution in [-0.2, 0) is 23.1 Å². The minimum Gasteiger partial charge on any atom is -0.484 e. The first-order valence-electron chi connectivity index (χ1n) is 8.57. The van der Waals surface area contributed by atoms with Gasteiger partial charge in [0.05, 0.1) is 0 Å². The number of hydrogen-bond acceptors (Lipinski definition) is 2. The summed E-state index contributed by atoms with van der Waals surface area (Å²) in [6, 6.07) is 14.1. The summed E-state index contributed by atoms with van der Waals surface area (Å²) in [5.74, 6) is 0.583. The highest BCUT2D eigenvalue weighted by molar-refractivity contribution is 5.92. The van der Waals surface area contributed by atoms with Crippen LogP contribution in [-0.4, -0.2) is 12.5 Å². The van der Waals surface area contributed by atoms with Crippen LogP contribution < -0.4 is 10.1 Å². The van der Waals surface area contributed by atoms with Crippen molar-refractivity contribution in [1.29, 1.82) is 0 Å². The maximum Gasteiger partial charge on any atom is 0.262 e. The number of aryl methyl sites for hydroxylation is 2. The number of benzene rings is 2. The number of hydrogen-bond donors (Lipinski definition) is 1. The molecule has 3 rings (SSSR count). The van der Waals surface area contributed by atoms with Crippen LogP contribution >= 0.6 is 0 Å². The summed E-state index contributed by atoms with van der Waals surface area (Å²) in [6.45, 7) is 6.54. The fourth-order valence-electron chi connectivity index (χ4n) is 3.05. The maximum atomic E-state index is 12.1. The Kier molecular flexibility index (Phi) is 4.61. The lowest BCUT2D eigenvalue weighted by Gasteiger charge is -2.19. The molecule has 1 aliphatic rings. The molecule has 24 heavy (non-hydrogen) atoms. The molecule has 1 amide bonds. The Balaban J connectivity index is 1.54. The quantitative estimate of drug-likeness (QED) is 0.900. The molecule has 0 heterocycles. The van der Waals surface area contributed by atoms with Gasteiger partial charge in [-0.15, -0.1) is 0 Å². The molecule has 0 saturated carbocycles. The van der Waals surface area contributed by atoms with E-state index in [0.717, 1.165) is 18.5 Å². The third-order valence-corrected chi connectivity index (χ3v) is 4.47. The fraction of sp³-hybridized carbons (Fsp3) is 0.381. The molecule has 0 aromatic heterocycles.